The number of hydrogen-bond donors (Lipinski definition) is 2. The number of hydrogen-bond acceptors (Lipinski definition) is 4. The summed E-state index contributed by atoms with van der Waals surface area (Å²) in [4.78, 5) is 21.6. The molecule has 0 unspecified atom stereocenters. The third-order valence-electron chi connectivity index (χ3n) is 2.12. The average Bonchev–Trinajstić information content (AvgIpc) is 2.24. The lowest BCUT2D eigenvalue weighted by Crippen LogP contribution is -2.43. The molecule has 0 saturated heterocycles. The van der Waals surface area contributed by atoms with Gasteiger partial charge in [-0.1, -0.05) is 11.6 Å². The van der Waals surface area contributed by atoms with E-state index in [-0.39, 0.29) is 28.7 Å². The van der Waals surface area contributed by atoms with E-state index < -0.39 is 4.92 Å². The molecule has 6 nitrogen and oxygen atoms in total. The molecule has 0 heterocycles. The summed E-state index contributed by atoms with van der Waals surface area (Å²) in [6.07, 6.45) is 0. The summed E-state index contributed by atoms with van der Waals surface area (Å²) in [7, 11) is 0. The van der Waals surface area contributed by atoms with E-state index in [4.69, 9.17) is 11.6 Å². The van der Waals surface area contributed by atoms with Crippen molar-refractivity contribution in [3.05, 3.63) is 33.3 Å². The van der Waals surface area contributed by atoms with Crippen molar-refractivity contribution in [1.29, 1.82) is 0 Å². The number of amides is 1. The lowest BCUT2D eigenvalue weighted by Gasteiger charge is -2.20. The molecule has 1 amide bonds. The molecule has 0 aliphatic rings. The molecule has 1 aromatic rings. The van der Waals surface area contributed by atoms with Crippen molar-refractivity contribution in [3.63, 3.8) is 0 Å². The number of benzene rings is 1. The zero-order chi connectivity index (χ0) is 14.6. The summed E-state index contributed by atoms with van der Waals surface area (Å²) >= 11 is 5.89. The highest BCUT2D eigenvalue weighted by atomic mass is 35.5. The van der Waals surface area contributed by atoms with Gasteiger partial charge in [0.25, 0.3) is 5.69 Å². The molecule has 0 aromatic heterocycles. The van der Waals surface area contributed by atoms with Gasteiger partial charge >= 0.3 is 0 Å². The third kappa shape index (κ3) is 5.13. The van der Waals surface area contributed by atoms with E-state index in [1.54, 1.807) is 0 Å². The van der Waals surface area contributed by atoms with E-state index in [1.807, 2.05) is 20.8 Å². The van der Waals surface area contributed by atoms with Gasteiger partial charge < -0.3 is 10.6 Å². The predicted octanol–water partition coefficient (Wildman–Crippen LogP) is 2.57. The summed E-state index contributed by atoms with van der Waals surface area (Å²) in [5.41, 5.74) is 0.0870. The minimum absolute atomic E-state index is 0.0504. The number of nitrogens with zero attached hydrogens (tertiary/aromatic N) is 1. The minimum Gasteiger partial charge on any atom is -0.375 e. The van der Waals surface area contributed by atoms with E-state index in [0.29, 0.717) is 5.69 Å². The highest BCUT2D eigenvalue weighted by Gasteiger charge is 2.14. The smallest absolute Gasteiger partial charge is 0.271 e. The average molecular weight is 286 g/mol. The fourth-order valence-electron chi connectivity index (χ4n) is 1.40. The Morgan fingerprint density at radius 1 is 1.42 bits per heavy atom. The Labute approximate surface area is 116 Å². The van der Waals surface area contributed by atoms with Gasteiger partial charge in [0.15, 0.2) is 0 Å². The molecule has 0 radical (unpaired) electrons. The van der Waals surface area contributed by atoms with Crippen molar-refractivity contribution in [2.24, 2.45) is 0 Å². The molecule has 0 aliphatic carbocycles. The second-order valence-corrected chi connectivity index (χ2v) is 5.48. The van der Waals surface area contributed by atoms with Gasteiger partial charge in [-0.25, -0.2) is 0 Å². The zero-order valence-corrected chi connectivity index (χ0v) is 11.7. The number of carbonyl (C=O) groups excluding carboxylic acids is 1. The molecule has 0 spiro atoms. The molecule has 19 heavy (non-hydrogen) atoms. The summed E-state index contributed by atoms with van der Waals surface area (Å²) in [5, 5.41) is 16.4. The van der Waals surface area contributed by atoms with Crippen LogP contribution in [0.2, 0.25) is 5.02 Å². The Hall–Kier alpha value is -1.82. The topological polar surface area (TPSA) is 84.3 Å². The van der Waals surface area contributed by atoms with Gasteiger partial charge in [0, 0.05) is 17.7 Å². The predicted molar refractivity (Wildman–Crippen MR) is 74.5 cm³/mol. The molecule has 7 heteroatoms. The first-order chi connectivity index (χ1) is 8.69. The van der Waals surface area contributed by atoms with Gasteiger partial charge in [-0.2, -0.15) is 0 Å². The molecular weight excluding hydrogens is 270 g/mol. The van der Waals surface area contributed by atoms with Crippen LogP contribution in [0.25, 0.3) is 0 Å². The fourth-order valence-corrected chi connectivity index (χ4v) is 1.64. The van der Waals surface area contributed by atoms with Crippen LogP contribution in [-0.2, 0) is 4.79 Å². The molecule has 0 bridgehead atoms. The maximum Gasteiger partial charge on any atom is 0.271 e. The Morgan fingerprint density at radius 3 is 2.53 bits per heavy atom. The maximum absolute atomic E-state index is 11.6. The summed E-state index contributed by atoms with van der Waals surface area (Å²) in [5.74, 6) is -0.179. The molecule has 0 fully saturated rings. The van der Waals surface area contributed by atoms with Crippen LogP contribution in [0.4, 0.5) is 11.4 Å². The number of rotatable bonds is 4. The maximum atomic E-state index is 11.6. The largest absolute Gasteiger partial charge is 0.375 e. The fraction of sp³-hybridized carbons (Fsp3) is 0.417. The van der Waals surface area contributed by atoms with Crippen LogP contribution in [0, 0.1) is 10.1 Å². The number of non-ortho nitro benzene ring substituents is 1. The normalized spacial score (nSPS) is 10.9. The van der Waals surface area contributed by atoms with Crippen LogP contribution < -0.4 is 10.6 Å². The number of nitro groups is 1. The first-order valence-corrected chi connectivity index (χ1v) is 6.05. The van der Waals surface area contributed by atoms with Crippen LogP contribution in [-0.4, -0.2) is 22.9 Å². The van der Waals surface area contributed by atoms with Crippen molar-refractivity contribution in [2.45, 2.75) is 26.3 Å². The van der Waals surface area contributed by atoms with Gasteiger partial charge in [-0.15, -0.1) is 0 Å². The Morgan fingerprint density at radius 2 is 2.05 bits per heavy atom. The number of anilines is 1. The lowest BCUT2D eigenvalue weighted by atomic mass is 10.1. The van der Waals surface area contributed by atoms with E-state index in [1.165, 1.54) is 18.2 Å². The van der Waals surface area contributed by atoms with Gasteiger partial charge in [0.2, 0.25) is 5.91 Å². The lowest BCUT2D eigenvalue weighted by molar-refractivity contribution is -0.384. The van der Waals surface area contributed by atoms with Gasteiger partial charge in [-0.05, 0) is 26.8 Å². The quantitative estimate of drug-likeness (QED) is 0.658. The molecular formula is C12H16ClN3O3. The van der Waals surface area contributed by atoms with Crippen molar-refractivity contribution >= 4 is 28.9 Å². The second kappa shape index (κ2) is 5.88. The first kappa shape index (κ1) is 15.2. The highest BCUT2D eigenvalue weighted by molar-refractivity contribution is 6.33. The Bertz CT molecular complexity index is 497. The Kier molecular flexibility index (Phi) is 4.72. The van der Waals surface area contributed by atoms with Crippen molar-refractivity contribution in [3.8, 4) is 0 Å². The number of nitro benzene ring substituents is 1. The van der Waals surface area contributed by atoms with E-state index in [0.717, 1.165) is 0 Å². The second-order valence-electron chi connectivity index (χ2n) is 5.07. The van der Waals surface area contributed by atoms with Crippen LogP contribution in [0.15, 0.2) is 18.2 Å². The summed E-state index contributed by atoms with van der Waals surface area (Å²) < 4.78 is 0. The number of carbonyl (C=O) groups is 1. The zero-order valence-electron chi connectivity index (χ0n) is 11.0. The van der Waals surface area contributed by atoms with E-state index >= 15 is 0 Å². The van der Waals surface area contributed by atoms with Gasteiger partial charge in [0.05, 0.1) is 22.2 Å². The summed E-state index contributed by atoms with van der Waals surface area (Å²) in [6.45, 7) is 5.69. The van der Waals surface area contributed by atoms with Crippen LogP contribution in [0.1, 0.15) is 20.8 Å². The number of halogens is 1. The standard InChI is InChI=1S/C12H16ClN3O3/c1-12(2,3)15-11(17)7-14-10-5-4-8(16(18)19)6-9(10)13/h4-6,14H,7H2,1-3H3,(H,15,17). The van der Waals surface area contributed by atoms with E-state index in [9.17, 15) is 14.9 Å². The van der Waals surface area contributed by atoms with E-state index in [2.05, 4.69) is 10.6 Å². The van der Waals surface area contributed by atoms with Crippen molar-refractivity contribution < 1.29 is 9.72 Å². The summed E-state index contributed by atoms with van der Waals surface area (Å²) in [6, 6.07) is 4.05. The molecule has 0 aliphatic heterocycles. The monoisotopic (exact) mass is 285 g/mol. The molecule has 104 valence electrons. The van der Waals surface area contributed by atoms with Crippen molar-refractivity contribution in [2.75, 3.05) is 11.9 Å². The minimum atomic E-state index is -0.526. The van der Waals surface area contributed by atoms with Crippen LogP contribution >= 0.6 is 11.6 Å². The van der Waals surface area contributed by atoms with Crippen molar-refractivity contribution in [1.82, 2.24) is 5.32 Å². The molecule has 1 aromatic carbocycles. The molecule has 0 saturated carbocycles. The molecule has 0 atom stereocenters. The number of nitrogens with one attached hydrogen (secondary N) is 2. The highest BCUT2D eigenvalue weighted by Crippen LogP contribution is 2.26. The first-order valence-electron chi connectivity index (χ1n) is 5.68. The van der Waals surface area contributed by atoms with Gasteiger partial charge in [0.1, 0.15) is 0 Å². The molecule has 1 rings (SSSR count). The molecule has 2 N–H and O–H groups in total. The van der Waals surface area contributed by atoms with Crippen LogP contribution in [0.3, 0.4) is 0 Å². The van der Waals surface area contributed by atoms with Crippen LogP contribution in [0.5, 0.6) is 0 Å². The van der Waals surface area contributed by atoms with Gasteiger partial charge in [-0.3, -0.25) is 14.9 Å². The Balaban J connectivity index is 2.64. The third-order valence-corrected chi connectivity index (χ3v) is 2.43. The SMILES string of the molecule is CC(C)(C)NC(=O)CNc1ccc([N+](=O)[O-])cc1Cl.